The molecule has 1 amide bonds. The summed E-state index contributed by atoms with van der Waals surface area (Å²) in [4.78, 5) is 18.7. The summed E-state index contributed by atoms with van der Waals surface area (Å²) in [6.45, 7) is 0. The number of furan rings is 1. The van der Waals surface area contributed by atoms with Crippen molar-refractivity contribution in [2.75, 3.05) is 10.2 Å². The molecule has 8 heteroatoms. The Kier molecular flexibility index (Phi) is 4.81. The van der Waals surface area contributed by atoms with Gasteiger partial charge in [-0.2, -0.15) is 8.78 Å². The number of hydrogen-bond acceptors (Lipinski definition) is 5. The van der Waals surface area contributed by atoms with Crippen LogP contribution in [0.4, 0.5) is 20.2 Å². The highest BCUT2D eigenvalue weighted by Crippen LogP contribution is 2.37. The van der Waals surface area contributed by atoms with Crippen molar-refractivity contribution >= 4 is 29.0 Å². The fourth-order valence-corrected chi connectivity index (χ4v) is 3.43. The average Bonchev–Trinajstić information content (AvgIpc) is 3.16. The molecule has 5 nitrogen and oxygen atoms in total. The second kappa shape index (κ2) is 7.40. The van der Waals surface area contributed by atoms with E-state index in [-0.39, 0.29) is 11.7 Å². The molecule has 138 valence electrons. The molecule has 4 rings (SSSR count). The number of alkyl halides is 2. The summed E-state index contributed by atoms with van der Waals surface area (Å²) in [5, 5.41) is 3.31. The van der Waals surface area contributed by atoms with Crippen molar-refractivity contribution in [1.82, 2.24) is 4.98 Å². The van der Waals surface area contributed by atoms with Crippen molar-refractivity contribution in [3.63, 3.8) is 0 Å². The van der Waals surface area contributed by atoms with E-state index in [1.807, 2.05) is 12.1 Å². The molecule has 0 bridgehead atoms. The van der Waals surface area contributed by atoms with E-state index in [0.717, 1.165) is 0 Å². The number of nitrogens with one attached hydrogen (secondary N) is 1. The zero-order valence-corrected chi connectivity index (χ0v) is 14.8. The minimum Gasteiger partial charge on any atom is -0.461 e. The first-order valence-corrected chi connectivity index (χ1v) is 9.26. The molecule has 2 aromatic heterocycles. The van der Waals surface area contributed by atoms with Crippen molar-refractivity contribution in [3.05, 3.63) is 78.0 Å². The maximum absolute atomic E-state index is 13.1. The van der Waals surface area contributed by atoms with Gasteiger partial charge in [-0.15, -0.1) is 0 Å². The van der Waals surface area contributed by atoms with Gasteiger partial charge in [0.05, 0.1) is 11.3 Å². The molecule has 0 saturated heterocycles. The van der Waals surface area contributed by atoms with E-state index < -0.39 is 11.9 Å². The quantitative estimate of drug-likeness (QED) is 0.675. The maximum atomic E-state index is 13.1. The number of pyridine rings is 1. The standard InChI is InChI=1S/C19H15F2N3O2S/c20-19(21)27-11-13-5-6-16(26-13)17-23-15-4-2-1-3-14(15)18(25)24(17)12-7-9-22-10-8-12/h1-10,17,19,23H,11H2/t17-/m1/s1. The minimum atomic E-state index is -2.46. The number of benzene rings is 1. The van der Waals surface area contributed by atoms with E-state index in [0.29, 0.717) is 40.2 Å². The summed E-state index contributed by atoms with van der Waals surface area (Å²) in [6, 6.07) is 14.0. The molecule has 1 aliphatic heterocycles. The number of carbonyl (C=O) groups is 1. The lowest BCUT2D eigenvalue weighted by Gasteiger charge is -2.36. The van der Waals surface area contributed by atoms with Gasteiger partial charge >= 0.3 is 0 Å². The Morgan fingerprint density at radius 2 is 1.93 bits per heavy atom. The monoisotopic (exact) mass is 387 g/mol. The normalized spacial score (nSPS) is 16.3. The summed E-state index contributed by atoms with van der Waals surface area (Å²) < 4.78 is 30.6. The number of carbonyl (C=O) groups excluding carboxylic acids is 1. The first-order valence-electron chi connectivity index (χ1n) is 8.21. The van der Waals surface area contributed by atoms with Crippen LogP contribution in [0, 0.1) is 0 Å². The summed E-state index contributed by atoms with van der Waals surface area (Å²) in [5.41, 5.74) is 1.89. The molecule has 0 spiro atoms. The second-order valence-electron chi connectivity index (χ2n) is 5.85. The zero-order chi connectivity index (χ0) is 18.8. The number of hydrogen-bond donors (Lipinski definition) is 1. The largest absolute Gasteiger partial charge is 0.461 e. The summed E-state index contributed by atoms with van der Waals surface area (Å²) in [6.07, 6.45) is 2.61. The van der Waals surface area contributed by atoms with Gasteiger partial charge in [0.25, 0.3) is 11.7 Å². The third kappa shape index (κ3) is 3.52. The second-order valence-corrected chi connectivity index (χ2v) is 6.83. The number of nitrogens with zero attached hydrogens (tertiary/aromatic N) is 2. The van der Waals surface area contributed by atoms with Gasteiger partial charge in [-0.25, -0.2) is 0 Å². The van der Waals surface area contributed by atoms with Crippen LogP contribution in [-0.2, 0) is 5.75 Å². The van der Waals surface area contributed by atoms with Crippen LogP contribution in [0.5, 0.6) is 0 Å². The van der Waals surface area contributed by atoms with E-state index >= 15 is 0 Å². The minimum absolute atomic E-state index is 0.0597. The Balaban J connectivity index is 1.72. The SMILES string of the molecule is O=C1c2ccccc2N[C@@H](c2ccc(CSC(F)F)o2)N1c1ccncc1. The molecular formula is C19H15F2N3O2S. The topological polar surface area (TPSA) is 58.4 Å². The Bertz CT molecular complexity index is 949. The van der Waals surface area contributed by atoms with E-state index in [4.69, 9.17) is 4.42 Å². The number of anilines is 2. The molecule has 0 saturated carbocycles. The predicted molar refractivity (Wildman–Crippen MR) is 99.9 cm³/mol. The van der Waals surface area contributed by atoms with E-state index in [2.05, 4.69) is 10.3 Å². The molecule has 0 unspecified atom stereocenters. The third-order valence-corrected chi connectivity index (χ3v) is 4.87. The van der Waals surface area contributed by atoms with Gasteiger partial charge in [0.15, 0.2) is 6.17 Å². The molecule has 0 fully saturated rings. The van der Waals surface area contributed by atoms with E-state index in [9.17, 15) is 13.6 Å². The van der Waals surface area contributed by atoms with Gasteiger partial charge in [0.2, 0.25) is 0 Å². The van der Waals surface area contributed by atoms with Gasteiger partial charge in [-0.3, -0.25) is 14.7 Å². The Hall–Kier alpha value is -2.87. The van der Waals surface area contributed by atoms with Crippen LogP contribution < -0.4 is 10.2 Å². The fourth-order valence-electron chi connectivity index (χ4n) is 2.99. The first-order chi connectivity index (χ1) is 13.1. The molecular weight excluding hydrogens is 372 g/mol. The van der Waals surface area contributed by atoms with Crippen molar-refractivity contribution in [2.24, 2.45) is 0 Å². The van der Waals surface area contributed by atoms with Crippen molar-refractivity contribution in [3.8, 4) is 0 Å². The van der Waals surface area contributed by atoms with Gasteiger partial charge in [-0.05, 0) is 36.4 Å². The molecule has 3 aromatic rings. The number of amides is 1. The number of aromatic nitrogens is 1. The van der Waals surface area contributed by atoms with Crippen molar-refractivity contribution < 1.29 is 18.0 Å². The maximum Gasteiger partial charge on any atom is 0.284 e. The smallest absolute Gasteiger partial charge is 0.284 e. The molecule has 3 heterocycles. The molecule has 1 atom stereocenters. The van der Waals surface area contributed by atoms with E-state index in [1.54, 1.807) is 53.7 Å². The van der Waals surface area contributed by atoms with Crippen LogP contribution in [0.2, 0.25) is 0 Å². The first kappa shape index (κ1) is 17.5. The molecule has 1 aliphatic rings. The molecule has 1 N–H and O–H groups in total. The number of thioether (sulfide) groups is 1. The Morgan fingerprint density at radius 3 is 2.70 bits per heavy atom. The lowest BCUT2D eigenvalue weighted by Crippen LogP contribution is -2.43. The molecule has 27 heavy (non-hydrogen) atoms. The highest BCUT2D eigenvalue weighted by Gasteiger charge is 2.35. The summed E-state index contributed by atoms with van der Waals surface area (Å²) in [7, 11) is 0. The summed E-state index contributed by atoms with van der Waals surface area (Å²) >= 11 is 0.494. The summed E-state index contributed by atoms with van der Waals surface area (Å²) in [5.74, 6) is -1.68. The van der Waals surface area contributed by atoms with E-state index in [1.165, 1.54) is 0 Å². The van der Waals surface area contributed by atoms with Gasteiger partial charge in [-0.1, -0.05) is 23.9 Å². The zero-order valence-electron chi connectivity index (χ0n) is 14.0. The van der Waals surface area contributed by atoms with Gasteiger partial charge < -0.3 is 9.73 Å². The van der Waals surface area contributed by atoms with Crippen LogP contribution >= 0.6 is 11.8 Å². The molecule has 1 aromatic carbocycles. The Morgan fingerprint density at radius 1 is 1.15 bits per heavy atom. The van der Waals surface area contributed by atoms with Crippen LogP contribution in [-0.4, -0.2) is 16.6 Å². The number of halogens is 2. The fraction of sp³-hybridized carbons (Fsp3) is 0.158. The van der Waals surface area contributed by atoms with Crippen LogP contribution in [0.25, 0.3) is 0 Å². The number of fused-ring (bicyclic) bond motifs is 1. The van der Waals surface area contributed by atoms with Crippen LogP contribution in [0.15, 0.2) is 65.3 Å². The molecule has 0 aliphatic carbocycles. The predicted octanol–water partition coefficient (Wildman–Crippen LogP) is 4.90. The van der Waals surface area contributed by atoms with Crippen LogP contribution in [0.3, 0.4) is 0 Å². The van der Waals surface area contributed by atoms with Crippen LogP contribution in [0.1, 0.15) is 28.0 Å². The Labute approximate surface area is 158 Å². The average molecular weight is 387 g/mol. The van der Waals surface area contributed by atoms with Gasteiger partial charge in [0.1, 0.15) is 11.5 Å². The van der Waals surface area contributed by atoms with Gasteiger partial charge in [0, 0.05) is 23.8 Å². The lowest BCUT2D eigenvalue weighted by molar-refractivity contribution is 0.0971. The lowest BCUT2D eigenvalue weighted by atomic mass is 10.1. The molecule has 0 radical (unpaired) electrons. The number of para-hydroxylation sites is 1. The van der Waals surface area contributed by atoms with Crippen molar-refractivity contribution in [1.29, 1.82) is 0 Å². The number of rotatable bonds is 5. The van der Waals surface area contributed by atoms with Crippen molar-refractivity contribution in [2.45, 2.75) is 17.7 Å². The highest BCUT2D eigenvalue weighted by molar-refractivity contribution is 7.98. The highest BCUT2D eigenvalue weighted by atomic mass is 32.2. The third-order valence-electron chi connectivity index (χ3n) is 4.17.